The number of carboxylic acids is 1. The molecule has 3 aromatic rings. The lowest BCUT2D eigenvalue weighted by molar-refractivity contribution is -0.235. The van der Waals surface area contributed by atoms with E-state index in [1.54, 1.807) is 23.1 Å². The number of nitrogens with one attached hydrogen (secondary N) is 2. The minimum absolute atomic E-state index is 0.0414. The molecular formula is C26H29FN6O6. The number of carbonyl (C=O) groups is 2. The van der Waals surface area contributed by atoms with Gasteiger partial charge in [0.05, 0.1) is 55.3 Å². The van der Waals surface area contributed by atoms with Crippen molar-refractivity contribution >= 4 is 17.8 Å². The molecule has 12 nitrogen and oxygen atoms in total. The molecule has 2 aromatic heterocycles. The number of ether oxygens (including phenoxy) is 3. The van der Waals surface area contributed by atoms with E-state index in [0.29, 0.717) is 54.8 Å². The maximum atomic E-state index is 13.6. The normalized spacial score (nSPS) is 21.5. The summed E-state index contributed by atoms with van der Waals surface area (Å²) in [4.78, 5) is 42.3. The molecule has 2 fully saturated rings. The van der Waals surface area contributed by atoms with Gasteiger partial charge >= 0.3 is 5.97 Å². The van der Waals surface area contributed by atoms with Crippen LogP contribution in [-0.2, 0) is 23.8 Å². The SMILES string of the molecule is CC1(C(=O)N2CCOCC2)COC(c2nc(-c3ccc(F)cc3)c(-c3ccnc(NCCC(=O)O)n3)[nH]2)OC1. The predicted octanol–water partition coefficient (Wildman–Crippen LogP) is 2.47. The van der Waals surface area contributed by atoms with Crippen molar-refractivity contribution in [3.63, 3.8) is 0 Å². The molecule has 2 aliphatic heterocycles. The van der Waals surface area contributed by atoms with Crippen molar-refractivity contribution in [3.8, 4) is 22.6 Å². The van der Waals surface area contributed by atoms with Crippen molar-refractivity contribution in [1.82, 2.24) is 24.8 Å². The molecule has 2 aliphatic rings. The molecule has 1 aromatic carbocycles. The third kappa shape index (κ3) is 6.05. The second-order valence-electron chi connectivity index (χ2n) is 9.61. The van der Waals surface area contributed by atoms with Crippen LogP contribution >= 0.6 is 0 Å². The Morgan fingerprint density at radius 3 is 2.56 bits per heavy atom. The van der Waals surface area contributed by atoms with Crippen molar-refractivity contribution in [2.24, 2.45) is 5.41 Å². The Hall–Kier alpha value is -3.94. The quantitative estimate of drug-likeness (QED) is 0.389. The van der Waals surface area contributed by atoms with Crippen molar-refractivity contribution in [1.29, 1.82) is 0 Å². The largest absolute Gasteiger partial charge is 0.481 e. The molecule has 0 bridgehead atoms. The van der Waals surface area contributed by atoms with Gasteiger partial charge in [0.1, 0.15) is 5.82 Å². The van der Waals surface area contributed by atoms with Crippen LogP contribution in [0.2, 0.25) is 0 Å². The summed E-state index contributed by atoms with van der Waals surface area (Å²) in [6, 6.07) is 7.55. The predicted molar refractivity (Wildman–Crippen MR) is 136 cm³/mol. The number of carbonyl (C=O) groups excluding carboxylic acids is 1. The van der Waals surface area contributed by atoms with Crippen LogP contribution in [0.4, 0.5) is 10.3 Å². The van der Waals surface area contributed by atoms with Crippen LogP contribution in [-0.4, -0.2) is 87.9 Å². The molecular weight excluding hydrogens is 511 g/mol. The first kappa shape index (κ1) is 26.7. The average Bonchev–Trinajstić information content (AvgIpc) is 3.39. The second kappa shape index (κ2) is 11.4. The standard InChI is InChI=1S/C26H29FN6O6/c1-26(24(36)33-10-12-37-13-11-33)14-38-23(39-15-26)22-31-20(16-2-4-17(27)5-3-16)21(32-22)18-6-8-28-25(30-18)29-9-7-19(34)35/h2-6,8,23H,7,9-15H2,1H3,(H,31,32)(H,34,35)(H,28,29,30). The van der Waals surface area contributed by atoms with Crippen molar-refractivity contribution in [2.75, 3.05) is 51.4 Å². The van der Waals surface area contributed by atoms with Crippen LogP contribution in [0.15, 0.2) is 36.5 Å². The van der Waals surface area contributed by atoms with E-state index >= 15 is 0 Å². The number of carboxylic acid groups (broad SMARTS) is 1. The number of benzene rings is 1. The highest BCUT2D eigenvalue weighted by atomic mass is 19.1. The van der Waals surface area contributed by atoms with Crippen LogP contribution in [0, 0.1) is 11.2 Å². The third-order valence-corrected chi connectivity index (χ3v) is 6.52. The minimum atomic E-state index is -0.939. The van der Waals surface area contributed by atoms with Gasteiger partial charge < -0.3 is 34.5 Å². The Kier molecular flexibility index (Phi) is 7.82. The number of hydrogen-bond acceptors (Lipinski definition) is 9. The van der Waals surface area contributed by atoms with Crippen LogP contribution in [0.1, 0.15) is 25.5 Å². The highest BCUT2D eigenvalue weighted by molar-refractivity contribution is 5.83. The molecule has 5 rings (SSSR count). The Balaban J connectivity index is 1.39. The lowest BCUT2D eigenvalue weighted by Gasteiger charge is -2.39. The Morgan fingerprint density at radius 2 is 1.87 bits per heavy atom. The molecule has 0 radical (unpaired) electrons. The van der Waals surface area contributed by atoms with Crippen LogP contribution in [0.5, 0.6) is 0 Å². The fraction of sp³-hybridized carbons (Fsp3) is 0.423. The number of amides is 1. The molecule has 0 unspecified atom stereocenters. The van der Waals surface area contributed by atoms with Crippen molar-refractivity contribution in [3.05, 3.63) is 48.2 Å². The summed E-state index contributed by atoms with van der Waals surface area (Å²) < 4.78 is 31.0. The summed E-state index contributed by atoms with van der Waals surface area (Å²) in [6.07, 6.45) is 0.585. The van der Waals surface area contributed by atoms with Gasteiger partial charge in [-0.3, -0.25) is 9.59 Å². The van der Waals surface area contributed by atoms with Gasteiger partial charge in [0.2, 0.25) is 18.1 Å². The van der Waals surface area contributed by atoms with E-state index in [1.165, 1.54) is 18.3 Å². The number of anilines is 1. The summed E-state index contributed by atoms with van der Waals surface area (Å²) in [5.74, 6) is -0.751. The minimum Gasteiger partial charge on any atom is -0.481 e. The molecule has 13 heteroatoms. The highest BCUT2D eigenvalue weighted by Gasteiger charge is 2.43. The molecule has 39 heavy (non-hydrogen) atoms. The topological polar surface area (TPSA) is 152 Å². The van der Waals surface area contributed by atoms with Gasteiger partial charge in [-0.2, -0.15) is 0 Å². The molecule has 0 atom stereocenters. The molecule has 2 saturated heterocycles. The number of hydrogen-bond donors (Lipinski definition) is 3. The first-order valence-corrected chi connectivity index (χ1v) is 12.6. The molecule has 3 N–H and O–H groups in total. The number of aromatic nitrogens is 4. The van der Waals surface area contributed by atoms with Gasteiger partial charge in [0.25, 0.3) is 0 Å². The van der Waals surface area contributed by atoms with E-state index in [-0.39, 0.29) is 43.9 Å². The highest BCUT2D eigenvalue weighted by Crippen LogP contribution is 2.36. The lowest BCUT2D eigenvalue weighted by Crippen LogP contribution is -2.53. The summed E-state index contributed by atoms with van der Waals surface area (Å²) >= 11 is 0. The van der Waals surface area contributed by atoms with Crippen LogP contribution in [0.3, 0.4) is 0 Å². The summed E-state index contributed by atoms with van der Waals surface area (Å²) in [5.41, 5.74) is 1.28. The maximum absolute atomic E-state index is 13.6. The fourth-order valence-electron chi connectivity index (χ4n) is 4.41. The van der Waals surface area contributed by atoms with E-state index in [2.05, 4.69) is 20.3 Å². The van der Waals surface area contributed by atoms with Gasteiger partial charge in [-0.15, -0.1) is 0 Å². The molecule has 4 heterocycles. The molecule has 0 saturated carbocycles. The van der Waals surface area contributed by atoms with Crippen LogP contribution < -0.4 is 5.32 Å². The van der Waals surface area contributed by atoms with Gasteiger partial charge in [0, 0.05) is 31.4 Å². The van der Waals surface area contributed by atoms with Crippen LogP contribution in [0.25, 0.3) is 22.6 Å². The van der Waals surface area contributed by atoms with E-state index in [9.17, 15) is 14.0 Å². The summed E-state index contributed by atoms with van der Waals surface area (Å²) in [7, 11) is 0. The fourth-order valence-corrected chi connectivity index (χ4v) is 4.41. The number of H-pyrrole nitrogens is 1. The van der Waals surface area contributed by atoms with Gasteiger partial charge in [-0.25, -0.2) is 19.3 Å². The average molecular weight is 541 g/mol. The Bertz CT molecular complexity index is 1320. The smallest absolute Gasteiger partial charge is 0.305 e. The lowest BCUT2D eigenvalue weighted by atomic mass is 9.90. The van der Waals surface area contributed by atoms with E-state index in [4.69, 9.17) is 24.3 Å². The zero-order valence-corrected chi connectivity index (χ0v) is 21.4. The molecule has 0 spiro atoms. The molecule has 1 amide bonds. The van der Waals surface area contributed by atoms with E-state index < -0.39 is 17.7 Å². The summed E-state index contributed by atoms with van der Waals surface area (Å²) in [5, 5.41) is 11.8. The number of rotatable bonds is 8. The first-order chi connectivity index (χ1) is 18.8. The van der Waals surface area contributed by atoms with Crippen molar-refractivity contribution in [2.45, 2.75) is 19.6 Å². The Labute approximate surface area is 223 Å². The van der Waals surface area contributed by atoms with Crippen molar-refractivity contribution < 1.29 is 33.3 Å². The van der Waals surface area contributed by atoms with E-state index in [0.717, 1.165) is 0 Å². The molecule has 0 aliphatic carbocycles. The Morgan fingerprint density at radius 1 is 1.15 bits per heavy atom. The number of aliphatic carboxylic acids is 1. The molecule has 206 valence electrons. The first-order valence-electron chi connectivity index (χ1n) is 12.6. The second-order valence-corrected chi connectivity index (χ2v) is 9.61. The monoisotopic (exact) mass is 540 g/mol. The van der Waals surface area contributed by atoms with Gasteiger partial charge in [0.15, 0.2) is 5.82 Å². The van der Waals surface area contributed by atoms with E-state index in [1.807, 2.05) is 6.92 Å². The van der Waals surface area contributed by atoms with Gasteiger partial charge in [-0.05, 0) is 37.3 Å². The number of morpholine rings is 1. The maximum Gasteiger partial charge on any atom is 0.305 e. The number of imidazole rings is 1. The number of halogens is 1. The zero-order valence-electron chi connectivity index (χ0n) is 21.4. The number of nitrogens with zero attached hydrogens (tertiary/aromatic N) is 4. The van der Waals surface area contributed by atoms with Gasteiger partial charge in [-0.1, -0.05) is 0 Å². The third-order valence-electron chi connectivity index (χ3n) is 6.52. The number of aromatic amines is 1. The summed E-state index contributed by atoms with van der Waals surface area (Å²) in [6.45, 7) is 4.34. The zero-order chi connectivity index (χ0) is 27.4.